The van der Waals surface area contributed by atoms with Crippen molar-refractivity contribution in [2.45, 2.75) is 13.3 Å². The number of halogens is 3. The zero-order chi connectivity index (χ0) is 11.6. The molecule has 0 saturated heterocycles. The molecule has 0 aliphatic carbocycles. The second-order valence-electron chi connectivity index (χ2n) is 2.79. The van der Waals surface area contributed by atoms with E-state index in [1.165, 1.54) is 6.92 Å². The Morgan fingerprint density at radius 1 is 1.60 bits per heavy atom. The number of esters is 1. The fourth-order valence-electron chi connectivity index (χ4n) is 1.16. The van der Waals surface area contributed by atoms with E-state index in [0.29, 0.717) is 0 Å². The third-order valence-corrected chi connectivity index (χ3v) is 2.22. The average molecular weight is 236 g/mol. The van der Waals surface area contributed by atoms with E-state index in [0.717, 1.165) is 13.3 Å². The van der Waals surface area contributed by atoms with Gasteiger partial charge in [-0.2, -0.15) is 0 Å². The van der Waals surface area contributed by atoms with Gasteiger partial charge >= 0.3 is 5.97 Å². The minimum absolute atomic E-state index is 0.0457. The fraction of sp³-hybridized carbons (Fsp3) is 0.333. The lowest BCUT2D eigenvalue weighted by Gasteiger charge is -2.09. The standard InChI is InChI=1S/C9H8ClF2NO2/c1-4-6(8(11)12)5(10)3-13-7(4)9(14)15-2/h3,8H,1-2H3. The van der Waals surface area contributed by atoms with Crippen LogP contribution in [0.2, 0.25) is 5.02 Å². The number of methoxy groups -OCH3 is 1. The highest BCUT2D eigenvalue weighted by Gasteiger charge is 2.21. The van der Waals surface area contributed by atoms with Gasteiger partial charge in [-0.3, -0.25) is 0 Å². The van der Waals surface area contributed by atoms with E-state index in [2.05, 4.69) is 9.72 Å². The summed E-state index contributed by atoms with van der Waals surface area (Å²) in [5, 5.41) is -0.157. The van der Waals surface area contributed by atoms with Crippen molar-refractivity contribution in [3.63, 3.8) is 0 Å². The predicted octanol–water partition coefficient (Wildman–Crippen LogP) is 2.77. The van der Waals surface area contributed by atoms with Crippen LogP contribution in [0.3, 0.4) is 0 Å². The quantitative estimate of drug-likeness (QED) is 0.740. The first-order valence-electron chi connectivity index (χ1n) is 4.00. The minimum atomic E-state index is -2.75. The average Bonchev–Trinajstić information content (AvgIpc) is 2.16. The van der Waals surface area contributed by atoms with Crippen molar-refractivity contribution in [2.75, 3.05) is 7.11 Å². The molecule has 3 nitrogen and oxygen atoms in total. The number of aromatic nitrogens is 1. The molecular weight excluding hydrogens is 228 g/mol. The first-order valence-corrected chi connectivity index (χ1v) is 4.38. The number of alkyl halides is 2. The predicted molar refractivity (Wildman–Crippen MR) is 50.3 cm³/mol. The Hall–Kier alpha value is -1.23. The molecule has 0 unspecified atom stereocenters. The highest BCUT2D eigenvalue weighted by Crippen LogP contribution is 2.30. The second kappa shape index (κ2) is 4.53. The van der Waals surface area contributed by atoms with Crippen LogP contribution in [0.1, 0.15) is 28.0 Å². The molecule has 0 N–H and O–H groups in total. The van der Waals surface area contributed by atoms with Gasteiger partial charge in [0.05, 0.1) is 12.1 Å². The Balaban J connectivity index is 3.35. The zero-order valence-electron chi connectivity index (χ0n) is 8.05. The third kappa shape index (κ3) is 2.23. The summed E-state index contributed by atoms with van der Waals surface area (Å²) in [5.74, 6) is -0.758. The van der Waals surface area contributed by atoms with Crippen LogP contribution in [0.5, 0.6) is 0 Å². The molecule has 0 saturated carbocycles. The van der Waals surface area contributed by atoms with Gasteiger partial charge in [-0.15, -0.1) is 0 Å². The molecule has 0 amide bonds. The van der Waals surface area contributed by atoms with Crippen molar-refractivity contribution >= 4 is 17.6 Å². The molecule has 1 heterocycles. The molecule has 0 aromatic carbocycles. The lowest BCUT2D eigenvalue weighted by Crippen LogP contribution is -2.09. The summed E-state index contributed by atoms with van der Waals surface area (Å²) in [4.78, 5) is 14.8. The van der Waals surface area contributed by atoms with Crippen LogP contribution >= 0.6 is 11.6 Å². The number of hydrogen-bond donors (Lipinski definition) is 0. The van der Waals surface area contributed by atoms with Crippen molar-refractivity contribution in [3.8, 4) is 0 Å². The highest BCUT2D eigenvalue weighted by molar-refractivity contribution is 6.31. The molecule has 0 aliphatic rings. The van der Waals surface area contributed by atoms with Gasteiger partial charge < -0.3 is 4.74 Å². The maximum atomic E-state index is 12.6. The van der Waals surface area contributed by atoms with E-state index < -0.39 is 12.4 Å². The van der Waals surface area contributed by atoms with Gasteiger partial charge in [0.25, 0.3) is 6.43 Å². The lowest BCUT2D eigenvalue weighted by molar-refractivity contribution is 0.0592. The van der Waals surface area contributed by atoms with Gasteiger partial charge in [-0.1, -0.05) is 11.6 Å². The monoisotopic (exact) mass is 235 g/mol. The first-order chi connectivity index (χ1) is 6.99. The van der Waals surface area contributed by atoms with Crippen LogP contribution in [0.4, 0.5) is 8.78 Å². The van der Waals surface area contributed by atoms with Crippen LogP contribution in [0.25, 0.3) is 0 Å². The molecule has 0 bridgehead atoms. The third-order valence-electron chi connectivity index (χ3n) is 1.92. The fourth-order valence-corrected chi connectivity index (χ4v) is 1.44. The molecule has 82 valence electrons. The molecule has 0 fully saturated rings. The van der Waals surface area contributed by atoms with Crippen molar-refractivity contribution < 1.29 is 18.3 Å². The summed E-state index contributed by atoms with van der Waals surface area (Å²) in [6.45, 7) is 1.35. The van der Waals surface area contributed by atoms with Crippen molar-refractivity contribution in [3.05, 3.63) is 28.0 Å². The topological polar surface area (TPSA) is 39.2 Å². The summed E-state index contributed by atoms with van der Waals surface area (Å²) in [6, 6.07) is 0. The number of rotatable bonds is 2. The van der Waals surface area contributed by atoms with Gasteiger partial charge in [-0.25, -0.2) is 18.6 Å². The molecular formula is C9H8ClF2NO2. The number of carbonyl (C=O) groups excluding carboxylic acids is 1. The molecule has 0 spiro atoms. The van der Waals surface area contributed by atoms with Gasteiger partial charge in [0, 0.05) is 11.8 Å². The van der Waals surface area contributed by atoms with E-state index in [4.69, 9.17) is 11.6 Å². The summed E-state index contributed by atoms with van der Waals surface area (Å²) in [5.41, 5.74) is -0.478. The molecule has 1 rings (SSSR count). The Labute approximate surface area is 90.0 Å². The molecule has 1 aromatic rings. The van der Waals surface area contributed by atoms with Gasteiger partial charge in [0.2, 0.25) is 0 Å². The lowest BCUT2D eigenvalue weighted by atomic mass is 10.1. The highest BCUT2D eigenvalue weighted by atomic mass is 35.5. The molecule has 6 heteroatoms. The number of ether oxygens (including phenoxy) is 1. The number of hydrogen-bond acceptors (Lipinski definition) is 3. The minimum Gasteiger partial charge on any atom is -0.464 e. The first kappa shape index (κ1) is 11.8. The van der Waals surface area contributed by atoms with Crippen LogP contribution < -0.4 is 0 Å². The number of nitrogens with zero attached hydrogens (tertiary/aromatic N) is 1. The van der Waals surface area contributed by atoms with E-state index in [1.54, 1.807) is 0 Å². The maximum Gasteiger partial charge on any atom is 0.356 e. The molecule has 0 aliphatic heterocycles. The molecule has 0 atom stereocenters. The SMILES string of the molecule is COC(=O)c1ncc(Cl)c(C(F)F)c1C. The van der Waals surface area contributed by atoms with Crippen molar-refractivity contribution in [2.24, 2.45) is 0 Å². The summed E-state index contributed by atoms with van der Waals surface area (Å²) in [6.07, 6.45) is -1.73. The van der Waals surface area contributed by atoms with Gasteiger partial charge in [0.15, 0.2) is 5.69 Å². The number of pyridine rings is 1. The van der Waals surface area contributed by atoms with E-state index in [1.807, 2.05) is 0 Å². The van der Waals surface area contributed by atoms with E-state index in [-0.39, 0.29) is 21.8 Å². The molecule has 15 heavy (non-hydrogen) atoms. The molecule has 1 aromatic heterocycles. The van der Waals surface area contributed by atoms with Gasteiger partial charge in [0.1, 0.15) is 0 Å². The van der Waals surface area contributed by atoms with E-state index >= 15 is 0 Å². The van der Waals surface area contributed by atoms with Crippen LogP contribution in [-0.2, 0) is 4.74 Å². The van der Waals surface area contributed by atoms with E-state index in [9.17, 15) is 13.6 Å². The maximum absolute atomic E-state index is 12.6. The Kier molecular flexibility index (Phi) is 3.57. The summed E-state index contributed by atoms with van der Waals surface area (Å²) >= 11 is 5.55. The largest absolute Gasteiger partial charge is 0.464 e. The smallest absolute Gasteiger partial charge is 0.356 e. The van der Waals surface area contributed by atoms with Crippen molar-refractivity contribution in [1.82, 2.24) is 4.98 Å². The van der Waals surface area contributed by atoms with Crippen LogP contribution in [0.15, 0.2) is 6.20 Å². The van der Waals surface area contributed by atoms with Crippen LogP contribution in [-0.4, -0.2) is 18.1 Å². The summed E-state index contributed by atoms with van der Waals surface area (Å²) < 4.78 is 29.5. The normalized spacial score (nSPS) is 10.5. The second-order valence-corrected chi connectivity index (χ2v) is 3.19. The van der Waals surface area contributed by atoms with Crippen molar-refractivity contribution in [1.29, 1.82) is 0 Å². The Morgan fingerprint density at radius 3 is 2.67 bits per heavy atom. The Bertz CT molecular complexity index is 396. The molecule has 0 radical (unpaired) electrons. The van der Waals surface area contributed by atoms with Gasteiger partial charge in [-0.05, 0) is 12.5 Å². The Morgan fingerprint density at radius 2 is 2.20 bits per heavy atom. The van der Waals surface area contributed by atoms with Crippen LogP contribution in [0, 0.1) is 6.92 Å². The summed E-state index contributed by atoms with van der Waals surface area (Å²) in [7, 11) is 1.15. The zero-order valence-corrected chi connectivity index (χ0v) is 8.81. The number of carbonyl (C=O) groups is 1.